The van der Waals surface area contributed by atoms with Crippen LogP contribution in [0.4, 0.5) is 5.69 Å². The summed E-state index contributed by atoms with van der Waals surface area (Å²) < 4.78 is 0. The first-order valence-corrected chi connectivity index (χ1v) is 7.94. The number of carboxylic acid groups (broad SMARTS) is 1. The van der Waals surface area contributed by atoms with Gasteiger partial charge in [0.1, 0.15) is 0 Å². The third-order valence-electron chi connectivity index (χ3n) is 3.44. The van der Waals surface area contributed by atoms with Crippen molar-refractivity contribution in [2.24, 2.45) is 5.10 Å². The Kier molecular flexibility index (Phi) is 6.61. The van der Waals surface area contributed by atoms with Crippen LogP contribution in [0.15, 0.2) is 53.6 Å². The van der Waals surface area contributed by atoms with Crippen molar-refractivity contribution in [2.45, 2.75) is 19.8 Å². The first-order chi connectivity index (χ1) is 12.4. The van der Waals surface area contributed by atoms with E-state index in [1.807, 2.05) is 31.2 Å². The maximum Gasteiger partial charge on any atom is 0.271 e. The molecule has 0 atom stereocenters. The highest BCUT2D eigenvalue weighted by Gasteiger charge is 2.06. The quantitative estimate of drug-likeness (QED) is 0.576. The summed E-state index contributed by atoms with van der Waals surface area (Å²) in [5.74, 6) is -2.10. The van der Waals surface area contributed by atoms with Gasteiger partial charge in [-0.3, -0.25) is 9.59 Å². The zero-order valence-corrected chi connectivity index (χ0v) is 14.2. The van der Waals surface area contributed by atoms with Crippen LogP contribution < -0.4 is 15.8 Å². The van der Waals surface area contributed by atoms with Gasteiger partial charge in [0.05, 0.1) is 6.21 Å². The number of anilines is 1. The molecule has 0 radical (unpaired) electrons. The molecule has 7 nitrogen and oxygen atoms in total. The Morgan fingerprint density at radius 2 is 1.65 bits per heavy atom. The largest absolute Gasteiger partial charge is 0.550 e. The van der Waals surface area contributed by atoms with Crippen molar-refractivity contribution in [1.29, 1.82) is 0 Å². The number of hydrazone groups is 1. The van der Waals surface area contributed by atoms with Gasteiger partial charge in [0.25, 0.3) is 5.91 Å². The highest BCUT2D eigenvalue weighted by Crippen LogP contribution is 2.10. The molecule has 0 aliphatic heterocycles. The second-order valence-corrected chi connectivity index (χ2v) is 5.61. The van der Waals surface area contributed by atoms with Crippen molar-refractivity contribution < 1.29 is 19.5 Å². The Hall–Kier alpha value is -3.48. The van der Waals surface area contributed by atoms with E-state index in [1.54, 1.807) is 18.3 Å². The van der Waals surface area contributed by atoms with Gasteiger partial charge >= 0.3 is 0 Å². The molecule has 7 heteroatoms. The lowest BCUT2D eigenvalue weighted by Gasteiger charge is -2.06. The molecule has 0 saturated carbocycles. The molecule has 2 rings (SSSR count). The maximum atomic E-state index is 12.0. The van der Waals surface area contributed by atoms with Gasteiger partial charge in [-0.1, -0.05) is 29.8 Å². The van der Waals surface area contributed by atoms with Crippen molar-refractivity contribution in [2.75, 3.05) is 5.32 Å². The van der Waals surface area contributed by atoms with Crippen LogP contribution in [0, 0.1) is 6.92 Å². The van der Waals surface area contributed by atoms with Gasteiger partial charge in [0.2, 0.25) is 5.91 Å². The van der Waals surface area contributed by atoms with E-state index in [-0.39, 0.29) is 18.7 Å². The molecule has 0 aliphatic rings. The average molecular weight is 352 g/mol. The topological polar surface area (TPSA) is 111 Å². The van der Waals surface area contributed by atoms with Crippen molar-refractivity contribution in [1.82, 2.24) is 5.43 Å². The number of benzene rings is 2. The third kappa shape index (κ3) is 6.20. The van der Waals surface area contributed by atoms with Crippen LogP contribution >= 0.6 is 0 Å². The Labute approximate surface area is 150 Å². The number of carboxylic acids is 1. The normalized spacial score (nSPS) is 10.5. The number of hydrogen-bond acceptors (Lipinski definition) is 5. The van der Waals surface area contributed by atoms with E-state index >= 15 is 0 Å². The van der Waals surface area contributed by atoms with Crippen LogP contribution in [0.5, 0.6) is 0 Å². The molecule has 0 heterocycles. The minimum Gasteiger partial charge on any atom is -0.550 e. The SMILES string of the molecule is Cc1ccc(/C=N\NC(=O)c2ccc(NC(=O)CCC(=O)[O-])cc2)cc1. The summed E-state index contributed by atoms with van der Waals surface area (Å²) in [6, 6.07) is 13.8. The predicted molar refractivity (Wildman–Crippen MR) is 95.6 cm³/mol. The van der Waals surface area contributed by atoms with Crippen LogP contribution in [0.3, 0.4) is 0 Å². The lowest BCUT2D eigenvalue weighted by Crippen LogP contribution is -2.24. The van der Waals surface area contributed by atoms with E-state index < -0.39 is 11.9 Å². The van der Waals surface area contributed by atoms with Gasteiger partial charge in [-0.2, -0.15) is 5.10 Å². The van der Waals surface area contributed by atoms with Crippen LogP contribution in [-0.2, 0) is 9.59 Å². The van der Waals surface area contributed by atoms with Gasteiger partial charge in [-0.25, -0.2) is 5.43 Å². The summed E-state index contributed by atoms with van der Waals surface area (Å²) in [5.41, 5.74) is 5.27. The van der Waals surface area contributed by atoms with Crippen molar-refractivity contribution in [3.8, 4) is 0 Å². The van der Waals surface area contributed by atoms with Crippen molar-refractivity contribution in [3.05, 3.63) is 65.2 Å². The molecule has 0 aliphatic carbocycles. The fourth-order valence-electron chi connectivity index (χ4n) is 2.03. The molecule has 2 aromatic rings. The van der Waals surface area contributed by atoms with E-state index in [0.29, 0.717) is 11.3 Å². The number of aryl methyl sites for hydroxylation is 1. The number of nitrogens with one attached hydrogen (secondary N) is 2. The molecular weight excluding hydrogens is 334 g/mol. The fraction of sp³-hybridized carbons (Fsp3) is 0.158. The van der Waals surface area contributed by atoms with Crippen LogP contribution in [-0.4, -0.2) is 24.0 Å². The monoisotopic (exact) mass is 352 g/mol. The number of rotatable bonds is 7. The maximum absolute atomic E-state index is 12.0. The fourth-order valence-corrected chi connectivity index (χ4v) is 2.03. The number of aliphatic carboxylic acids is 1. The smallest absolute Gasteiger partial charge is 0.271 e. The zero-order chi connectivity index (χ0) is 18.9. The summed E-state index contributed by atoms with van der Waals surface area (Å²) in [4.78, 5) is 33.9. The summed E-state index contributed by atoms with van der Waals surface area (Å²) >= 11 is 0. The van der Waals surface area contributed by atoms with E-state index in [9.17, 15) is 19.5 Å². The Morgan fingerprint density at radius 3 is 2.27 bits per heavy atom. The highest BCUT2D eigenvalue weighted by molar-refractivity contribution is 5.96. The minimum atomic E-state index is -1.28. The molecule has 0 bridgehead atoms. The summed E-state index contributed by atoms with van der Waals surface area (Å²) in [5, 5.41) is 16.8. The second kappa shape index (κ2) is 9.12. The number of nitrogens with zero attached hydrogens (tertiary/aromatic N) is 1. The van der Waals surface area contributed by atoms with Gasteiger partial charge < -0.3 is 15.2 Å². The van der Waals surface area contributed by atoms with E-state index in [4.69, 9.17) is 0 Å². The van der Waals surface area contributed by atoms with E-state index in [1.165, 1.54) is 12.1 Å². The summed E-state index contributed by atoms with van der Waals surface area (Å²) in [6.45, 7) is 1.98. The number of carbonyl (C=O) groups excluding carboxylic acids is 3. The molecule has 0 spiro atoms. The standard InChI is InChI=1S/C19H19N3O4/c1-13-2-4-14(5-3-13)12-20-22-19(26)15-6-8-16(9-7-15)21-17(23)10-11-18(24)25/h2-9,12H,10-11H2,1H3,(H,21,23)(H,22,26)(H,24,25)/p-1/b20-12-. The molecule has 2 aromatic carbocycles. The Morgan fingerprint density at radius 1 is 1.00 bits per heavy atom. The summed E-state index contributed by atoms with van der Waals surface area (Å²) in [6.07, 6.45) is 1.03. The number of carbonyl (C=O) groups is 3. The molecule has 134 valence electrons. The minimum absolute atomic E-state index is 0.168. The van der Waals surface area contributed by atoms with E-state index in [0.717, 1.165) is 11.1 Å². The molecular formula is C19H18N3O4-. The van der Waals surface area contributed by atoms with Crippen LogP contribution in [0.2, 0.25) is 0 Å². The molecule has 0 aromatic heterocycles. The van der Waals surface area contributed by atoms with Gasteiger partial charge in [-0.05, 0) is 43.2 Å². The van der Waals surface area contributed by atoms with Crippen molar-refractivity contribution in [3.63, 3.8) is 0 Å². The first kappa shape index (κ1) is 18.9. The number of amides is 2. The highest BCUT2D eigenvalue weighted by atomic mass is 16.4. The van der Waals surface area contributed by atoms with Crippen molar-refractivity contribution >= 4 is 29.7 Å². The second-order valence-electron chi connectivity index (χ2n) is 5.61. The molecule has 2 N–H and O–H groups in total. The van der Waals surface area contributed by atoms with Crippen LogP contribution in [0.1, 0.15) is 34.3 Å². The lowest BCUT2D eigenvalue weighted by molar-refractivity contribution is -0.305. The average Bonchev–Trinajstić information content (AvgIpc) is 2.62. The van der Waals surface area contributed by atoms with Crippen LogP contribution in [0.25, 0.3) is 0 Å². The molecule has 0 saturated heterocycles. The zero-order valence-electron chi connectivity index (χ0n) is 14.2. The Bertz CT molecular complexity index is 812. The van der Waals surface area contributed by atoms with Gasteiger partial charge in [-0.15, -0.1) is 0 Å². The molecule has 0 unspecified atom stereocenters. The predicted octanol–water partition coefficient (Wildman–Crippen LogP) is 1.23. The van der Waals surface area contributed by atoms with Gasteiger partial charge in [0, 0.05) is 23.6 Å². The summed E-state index contributed by atoms with van der Waals surface area (Å²) in [7, 11) is 0. The van der Waals surface area contributed by atoms with E-state index in [2.05, 4.69) is 15.8 Å². The lowest BCUT2D eigenvalue weighted by atomic mass is 10.2. The molecule has 2 amide bonds. The first-order valence-electron chi connectivity index (χ1n) is 7.94. The number of hydrogen-bond donors (Lipinski definition) is 2. The third-order valence-corrected chi connectivity index (χ3v) is 3.44. The van der Waals surface area contributed by atoms with Gasteiger partial charge in [0.15, 0.2) is 0 Å². The molecule has 0 fully saturated rings. The molecule has 26 heavy (non-hydrogen) atoms. The Balaban J connectivity index is 1.86.